The van der Waals surface area contributed by atoms with Crippen LogP contribution in [0, 0.1) is 13.8 Å². The monoisotopic (exact) mass is 357 g/mol. The molecule has 0 unspecified atom stereocenters. The average molecular weight is 358 g/mol. The minimum Gasteiger partial charge on any atom is -0.351 e. The fraction of sp³-hybridized carbons (Fsp3) is 0.158. The second-order valence-corrected chi connectivity index (χ2v) is 7.09. The molecule has 24 heavy (non-hydrogen) atoms. The van der Waals surface area contributed by atoms with Gasteiger partial charge >= 0.3 is 0 Å². The highest BCUT2D eigenvalue weighted by Crippen LogP contribution is 2.39. The summed E-state index contributed by atoms with van der Waals surface area (Å²) in [7, 11) is 0. The molecule has 2 aliphatic rings. The number of allylic oxidation sites excluding steroid dienone is 2. The van der Waals surface area contributed by atoms with Gasteiger partial charge in [0.25, 0.3) is 0 Å². The summed E-state index contributed by atoms with van der Waals surface area (Å²) in [4.78, 5) is 25.7. The minimum atomic E-state index is -0.154. The standard InChI is InChI=1S/C19H13Cl2NO2/c1-8-3-11(20)5-10-6-13(18(23)15(8)10)17-19(24)16-9(2)4-12(21)7-14(16)22-17/h3-5,7,22H,6H2,1-2H3/b17-13-. The van der Waals surface area contributed by atoms with Gasteiger partial charge in [0.2, 0.25) is 5.78 Å². The molecular formula is C19H13Cl2NO2. The first kappa shape index (κ1) is 15.4. The number of Topliss-reactive ketones (excluding diaryl/α,β-unsaturated/α-hetero) is 2. The Hall–Kier alpha value is -2.10. The van der Waals surface area contributed by atoms with Crippen LogP contribution in [0.4, 0.5) is 5.69 Å². The Morgan fingerprint density at radius 2 is 1.50 bits per heavy atom. The fourth-order valence-corrected chi connectivity index (χ4v) is 4.14. The SMILES string of the molecule is Cc1cc(Cl)cc2c1C(=O)/C(=C1\Nc3cc(Cl)cc(C)c3C1=O)C2. The first-order chi connectivity index (χ1) is 11.4. The van der Waals surface area contributed by atoms with E-state index in [4.69, 9.17) is 23.2 Å². The van der Waals surface area contributed by atoms with Gasteiger partial charge in [-0.15, -0.1) is 0 Å². The Kier molecular flexibility index (Phi) is 3.34. The van der Waals surface area contributed by atoms with Gasteiger partial charge in [0.05, 0.1) is 16.9 Å². The molecule has 2 aromatic rings. The average Bonchev–Trinajstić information content (AvgIpc) is 2.96. The van der Waals surface area contributed by atoms with E-state index in [0.717, 1.165) is 16.7 Å². The van der Waals surface area contributed by atoms with E-state index in [0.29, 0.717) is 44.6 Å². The van der Waals surface area contributed by atoms with E-state index in [1.165, 1.54) is 0 Å². The molecule has 1 aliphatic heterocycles. The third-order valence-corrected chi connectivity index (χ3v) is 5.00. The fourth-order valence-electron chi connectivity index (χ4n) is 3.57. The maximum absolute atomic E-state index is 12.8. The van der Waals surface area contributed by atoms with Crippen LogP contribution < -0.4 is 5.32 Å². The Morgan fingerprint density at radius 1 is 0.875 bits per heavy atom. The third kappa shape index (κ3) is 2.12. The molecule has 1 N–H and O–H groups in total. The highest BCUT2D eigenvalue weighted by atomic mass is 35.5. The largest absolute Gasteiger partial charge is 0.351 e. The lowest BCUT2D eigenvalue weighted by molar-refractivity contribution is 0.101. The molecule has 0 radical (unpaired) electrons. The lowest BCUT2D eigenvalue weighted by Gasteiger charge is -2.03. The molecule has 0 saturated carbocycles. The predicted molar refractivity (Wildman–Crippen MR) is 95.4 cm³/mol. The van der Waals surface area contributed by atoms with Crippen molar-refractivity contribution >= 4 is 40.5 Å². The van der Waals surface area contributed by atoms with Gasteiger partial charge in [0, 0.05) is 27.6 Å². The highest BCUT2D eigenvalue weighted by Gasteiger charge is 2.36. The van der Waals surface area contributed by atoms with Crippen LogP contribution >= 0.6 is 23.2 Å². The number of carbonyl (C=O) groups excluding carboxylic acids is 2. The number of rotatable bonds is 0. The van der Waals surface area contributed by atoms with Crippen molar-refractivity contribution in [3.05, 3.63) is 73.4 Å². The van der Waals surface area contributed by atoms with Crippen molar-refractivity contribution < 1.29 is 9.59 Å². The van der Waals surface area contributed by atoms with Crippen molar-refractivity contribution in [2.24, 2.45) is 0 Å². The van der Waals surface area contributed by atoms with Crippen LogP contribution in [0.2, 0.25) is 10.0 Å². The minimum absolute atomic E-state index is 0.105. The first-order valence-corrected chi connectivity index (χ1v) is 8.31. The summed E-state index contributed by atoms with van der Waals surface area (Å²) >= 11 is 12.2. The second kappa shape index (κ2) is 5.20. The summed E-state index contributed by atoms with van der Waals surface area (Å²) in [5.41, 5.74) is 5.24. The van der Waals surface area contributed by atoms with Gasteiger partial charge in [0.15, 0.2) is 5.78 Å². The molecule has 0 amide bonds. The number of anilines is 1. The van der Waals surface area contributed by atoms with Crippen molar-refractivity contribution in [1.29, 1.82) is 0 Å². The number of hydrogen-bond acceptors (Lipinski definition) is 3. The van der Waals surface area contributed by atoms with Crippen molar-refractivity contribution in [3.8, 4) is 0 Å². The van der Waals surface area contributed by atoms with Gasteiger partial charge in [-0.2, -0.15) is 0 Å². The third-order valence-electron chi connectivity index (χ3n) is 4.57. The van der Waals surface area contributed by atoms with Gasteiger partial charge in [-0.1, -0.05) is 23.2 Å². The molecule has 3 nitrogen and oxygen atoms in total. The van der Waals surface area contributed by atoms with Crippen LogP contribution in [0.25, 0.3) is 0 Å². The van der Waals surface area contributed by atoms with E-state index in [9.17, 15) is 9.59 Å². The number of ketones is 2. The highest BCUT2D eigenvalue weighted by molar-refractivity contribution is 6.33. The lowest BCUT2D eigenvalue weighted by atomic mass is 10.0. The van der Waals surface area contributed by atoms with Gasteiger partial charge in [-0.05, 0) is 54.8 Å². The summed E-state index contributed by atoms with van der Waals surface area (Å²) in [6.45, 7) is 3.70. The smallest absolute Gasteiger partial charge is 0.211 e. The van der Waals surface area contributed by atoms with Crippen LogP contribution in [0.3, 0.4) is 0 Å². The summed E-state index contributed by atoms with van der Waals surface area (Å²) in [6.07, 6.45) is 0.407. The zero-order chi connectivity index (χ0) is 17.2. The Labute approximate surface area is 149 Å². The van der Waals surface area contributed by atoms with Crippen molar-refractivity contribution in [1.82, 2.24) is 0 Å². The molecule has 0 saturated heterocycles. The number of fused-ring (bicyclic) bond motifs is 2. The van der Waals surface area contributed by atoms with Crippen LogP contribution in [0.5, 0.6) is 0 Å². The number of carbonyl (C=O) groups is 2. The number of aryl methyl sites for hydroxylation is 2. The normalized spacial score (nSPS) is 18.7. The first-order valence-electron chi connectivity index (χ1n) is 7.55. The molecule has 120 valence electrons. The predicted octanol–water partition coefficient (Wildman–Crippen LogP) is 4.91. The molecule has 0 atom stereocenters. The number of hydrogen-bond donors (Lipinski definition) is 1. The summed E-state index contributed by atoms with van der Waals surface area (Å²) < 4.78 is 0. The van der Waals surface area contributed by atoms with Crippen LogP contribution in [0.1, 0.15) is 37.4 Å². The van der Waals surface area contributed by atoms with Crippen molar-refractivity contribution in [3.63, 3.8) is 0 Å². The van der Waals surface area contributed by atoms with Crippen molar-refractivity contribution in [2.45, 2.75) is 20.3 Å². The molecule has 1 heterocycles. The molecule has 4 rings (SSSR count). The molecule has 0 aromatic heterocycles. The topological polar surface area (TPSA) is 46.2 Å². The second-order valence-electron chi connectivity index (χ2n) is 6.22. The molecule has 0 spiro atoms. The molecule has 0 fully saturated rings. The van der Waals surface area contributed by atoms with E-state index in [2.05, 4.69) is 5.32 Å². The maximum atomic E-state index is 12.8. The summed E-state index contributed by atoms with van der Waals surface area (Å²) in [6, 6.07) is 7.03. The van der Waals surface area contributed by atoms with Crippen LogP contribution in [0.15, 0.2) is 35.5 Å². The summed E-state index contributed by atoms with van der Waals surface area (Å²) in [5.74, 6) is -0.259. The summed E-state index contributed by atoms with van der Waals surface area (Å²) in [5, 5.41) is 4.25. The zero-order valence-electron chi connectivity index (χ0n) is 13.1. The molecule has 2 aromatic carbocycles. The van der Waals surface area contributed by atoms with Crippen LogP contribution in [-0.4, -0.2) is 11.6 Å². The lowest BCUT2D eigenvalue weighted by Crippen LogP contribution is -2.10. The maximum Gasteiger partial charge on any atom is 0.211 e. The number of nitrogens with one attached hydrogen (secondary N) is 1. The van der Waals surface area contributed by atoms with Crippen molar-refractivity contribution in [2.75, 3.05) is 5.32 Å². The number of halogens is 2. The Balaban J connectivity index is 1.86. The molecule has 5 heteroatoms. The Morgan fingerprint density at radius 3 is 2.21 bits per heavy atom. The molecular weight excluding hydrogens is 345 g/mol. The van der Waals surface area contributed by atoms with Gasteiger partial charge in [-0.3, -0.25) is 9.59 Å². The Bertz CT molecular complexity index is 910. The van der Waals surface area contributed by atoms with Gasteiger partial charge < -0.3 is 5.32 Å². The quantitative estimate of drug-likeness (QED) is 0.681. The van der Waals surface area contributed by atoms with Crippen LogP contribution in [-0.2, 0) is 6.42 Å². The van der Waals surface area contributed by atoms with Gasteiger partial charge in [0.1, 0.15) is 0 Å². The van der Waals surface area contributed by atoms with E-state index in [-0.39, 0.29) is 11.6 Å². The van der Waals surface area contributed by atoms with E-state index in [1.54, 1.807) is 24.3 Å². The van der Waals surface area contributed by atoms with E-state index < -0.39 is 0 Å². The number of benzene rings is 2. The zero-order valence-corrected chi connectivity index (χ0v) is 14.6. The molecule has 1 aliphatic carbocycles. The van der Waals surface area contributed by atoms with Gasteiger partial charge in [-0.25, -0.2) is 0 Å². The van der Waals surface area contributed by atoms with E-state index >= 15 is 0 Å². The molecule has 0 bridgehead atoms. The van der Waals surface area contributed by atoms with E-state index in [1.807, 2.05) is 13.8 Å².